The Bertz CT molecular complexity index is 622. The van der Waals surface area contributed by atoms with E-state index in [0.29, 0.717) is 22.9 Å². The molecule has 5 heteroatoms. The Balaban J connectivity index is 2.13. The van der Waals surface area contributed by atoms with Gasteiger partial charge in [0.2, 0.25) is 0 Å². The number of methoxy groups -OCH3 is 1. The second-order valence-corrected chi connectivity index (χ2v) is 4.26. The average Bonchev–Trinajstić information content (AvgIpc) is 2.46. The molecular formula is C14H12ClN3O. The molecule has 96 valence electrons. The minimum atomic E-state index is 0.513. The van der Waals surface area contributed by atoms with Gasteiger partial charge in [0.25, 0.3) is 0 Å². The number of halogens is 1. The minimum absolute atomic E-state index is 0.513. The molecule has 0 radical (unpaired) electrons. The predicted octanol–water partition coefficient (Wildman–Crippen LogP) is 3.23. The van der Waals surface area contributed by atoms with Gasteiger partial charge in [-0.25, -0.2) is 0 Å². The summed E-state index contributed by atoms with van der Waals surface area (Å²) in [6.45, 7) is 0.560. The maximum absolute atomic E-state index is 9.02. The summed E-state index contributed by atoms with van der Waals surface area (Å²) in [5.74, 6) is 0.575. The zero-order chi connectivity index (χ0) is 13.7. The van der Waals surface area contributed by atoms with Gasteiger partial charge in [0, 0.05) is 12.7 Å². The quantitative estimate of drug-likeness (QED) is 0.929. The smallest absolute Gasteiger partial charge is 0.136 e. The van der Waals surface area contributed by atoms with Crippen LogP contribution in [0.5, 0.6) is 5.75 Å². The SMILES string of the molecule is COc1ccc(CNc2cnccc2Cl)cc1C#N. The minimum Gasteiger partial charge on any atom is -0.495 e. The predicted molar refractivity (Wildman–Crippen MR) is 74.3 cm³/mol. The van der Waals surface area contributed by atoms with Crippen molar-refractivity contribution in [1.82, 2.24) is 4.98 Å². The highest BCUT2D eigenvalue weighted by molar-refractivity contribution is 6.33. The Labute approximate surface area is 116 Å². The number of nitriles is 1. The van der Waals surface area contributed by atoms with Gasteiger partial charge in [-0.1, -0.05) is 17.7 Å². The Morgan fingerprint density at radius 3 is 2.95 bits per heavy atom. The average molecular weight is 274 g/mol. The fourth-order valence-electron chi connectivity index (χ4n) is 1.66. The van der Waals surface area contributed by atoms with Crippen molar-refractivity contribution in [2.45, 2.75) is 6.54 Å². The summed E-state index contributed by atoms with van der Waals surface area (Å²) >= 11 is 6.02. The first-order valence-electron chi connectivity index (χ1n) is 5.65. The van der Waals surface area contributed by atoms with E-state index in [2.05, 4.69) is 16.4 Å². The van der Waals surface area contributed by atoms with Crippen molar-refractivity contribution in [2.24, 2.45) is 0 Å². The van der Waals surface area contributed by atoms with Gasteiger partial charge in [-0.3, -0.25) is 4.98 Å². The molecule has 0 amide bonds. The van der Waals surface area contributed by atoms with Crippen molar-refractivity contribution < 1.29 is 4.74 Å². The zero-order valence-corrected chi connectivity index (χ0v) is 11.1. The molecule has 0 fully saturated rings. The van der Waals surface area contributed by atoms with Crippen molar-refractivity contribution in [3.63, 3.8) is 0 Å². The molecule has 1 N–H and O–H groups in total. The van der Waals surface area contributed by atoms with Crippen LogP contribution in [0.4, 0.5) is 5.69 Å². The van der Waals surface area contributed by atoms with Crippen LogP contribution in [0, 0.1) is 11.3 Å². The molecule has 1 heterocycles. The van der Waals surface area contributed by atoms with Crippen molar-refractivity contribution in [2.75, 3.05) is 12.4 Å². The number of hydrogen-bond acceptors (Lipinski definition) is 4. The van der Waals surface area contributed by atoms with Gasteiger partial charge in [-0.05, 0) is 23.8 Å². The van der Waals surface area contributed by atoms with Gasteiger partial charge in [-0.2, -0.15) is 5.26 Å². The number of nitrogens with zero attached hydrogens (tertiary/aromatic N) is 2. The lowest BCUT2D eigenvalue weighted by atomic mass is 10.1. The molecule has 19 heavy (non-hydrogen) atoms. The van der Waals surface area contributed by atoms with Crippen LogP contribution in [0.25, 0.3) is 0 Å². The topological polar surface area (TPSA) is 57.9 Å². The van der Waals surface area contributed by atoms with Gasteiger partial charge in [0.15, 0.2) is 0 Å². The van der Waals surface area contributed by atoms with E-state index in [-0.39, 0.29) is 0 Å². The summed E-state index contributed by atoms with van der Waals surface area (Å²) in [6.07, 6.45) is 3.30. The number of nitrogens with one attached hydrogen (secondary N) is 1. The third kappa shape index (κ3) is 3.15. The van der Waals surface area contributed by atoms with Crippen LogP contribution in [0.3, 0.4) is 0 Å². The zero-order valence-electron chi connectivity index (χ0n) is 10.4. The first-order valence-corrected chi connectivity index (χ1v) is 6.03. The maximum Gasteiger partial charge on any atom is 0.136 e. The number of benzene rings is 1. The third-order valence-corrected chi connectivity index (χ3v) is 2.96. The fraction of sp³-hybridized carbons (Fsp3) is 0.143. The van der Waals surface area contributed by atoms with E-state index in [1.165, 1.54) is 0 Å². The van der Waals surface area contributed by atoms with Crippen LogP contribution in [0.15, 0.2) is 36.7 Å². The Kier molecular flexibility index (Phi) is 4.22. The number of aromatic nitrogens is 1. The number of hydrogen-bond donors (Lipinski definition) is 1. The monoisotopic (exact) mass is 273 g/mol. The van der Waals surface area contributed by atoms with E-state index in [4.69, 9.17) is 21.6 Å². The van der Waals surface area contributed by atoms with Crippen molar-refractivity contribution in [3.8, 4) is 11.8 Å². The lowest BCUT2D eigenvalue weighted by molar-refractivity contribution is 0.413. The van der Waals surface area contributed by atoms with E-state index in [0.717, 1.165) is 11.3 Å². The molecule has 1 aromatic carbocycles. The standard InChI is InChI=1S/C14H12ClN3O/c1-19-14-3-2-10(6-11(14)7-16)8-18-13-9-17-5-4-12(13)15/h2-6,9,18H,8H2,1H3. The van der Waals surface area contributed by atoms with Crippen LogP contribution >= 0.6 is 11.6 Å². The largest absolute Gasteiger partial charge is 0.495 e. The maximum atomic E-state index is 9.02. The van der Waals surface area contributed by atoms with Crippen molar-refractivity contribution in [3.05, 3.63) is 52.8 Å². The molecular weight excluding hydrogens is 262 g/mol. The summed E-state index contributed by atoms with van der Waals surface area (Å²) in [5.41, 5.74) is 2.25. The fourth-order valence-corrected chi connectivity index (χ4v) is 1.83. The number of anilines is 1. The normalized spacial score (nSPS) is 9.74. The molecule has 2 aromatic rings. The van der Waals surface area contributed by atoms with Crippen LogP contribution in [0.2, 0.25) is 5.02 Å². The molecule has 1 aromatic heterocycles. The first-order chi connectivity index (χ1) is 9.24. The van der Waals surface area contributed by atoms with E-state index in [9.17, 15) is 0 Å². The molecule has 0 saturated heterocycles. The second-order valence-electron chi connectivity index (χ2n) is 3.86. The summed E-state index contributed by atoms with van der Waals surface area (Å²) in [7, 11) is 1.55. The van der Waals surface area contributed by atoms with Gasteiger partial charge < -0.3 is 10.1 Å². The number of pyridine rings is 1. The van der Waals surface area contributed by atoms with Crippen molar-refractivity contribution >= 4 is 17.3 Å². The molecule has 0 atom stereocenters. The van der Waals surface area contributed by atoms with E-state index in [1.54, 1.807) is 37.7 Å². The van der Waals surface area contributed by atoms with E-state index < -0.39 is 0 Å². The van der Waals surface area contributed by atoms with E-state index in [1.807, 2.05) is 6.07 Å². The molecule has 0 aliphatic rings. The molecule has 4 nitrogen and oxygen atoms in total. The molecule has 0 spiro atoms. The molecule has 0 aliphatic heterocycles. The lowest BCUT2D eigenvalue weighted by Crippen LogP contribution is -2.01. The number of ether oxygens (including phenoxy) is 1. The second kappa shape index (κ2) is 6.07. The van der Waals surface area contributed by atoms with Crippen LogP contribution in [-0.4, -0.2) is 12.1 Å². The van der Waals surface area contributed by atoms with Gasteiger partial charge in [0.05, 0.1) is 29.6 Å². The third-order valence-electron chi connectivity index (χ3n) is 2.64. The Morgan fingerprint density at radius 2 is 2.26 bits per heavy atom. The van der Waals surface area contributed by atoms with Crippen LogP contribution in [-0.2, 0) is 6.54 Å². The van der Waals surface area contributed by atoms with Crippen LogP contribution in [0.1, 0.15) is 11.1 Å². The highest BCUT2D eigenvalue weighted by atomic mass is 35.5. The number of rotatable bonds is 4. The molecule has 2 rings (SSSR count). The molecule has 0 aliphatic carbocycles. The highest BCUT2D eigenvalue weighted by Crippen LogP contribution is 2.22. The van der Waals surface area contributed by atoms with E-state index >= 15 is 0 Å². The van der Waals surface area contributed by atoms with Gasteiger partial charge in [-0.15, -0.1) is 0 Å². The molecule has 0 saturated carbocycles. The summed E-state index contributed by atoms with van der Waals surface area (Å²) in [5, 5.41) is 12.8. The molecule has 0 unspecified atom stereocenters. The summed E-state index contributed by atoms with van der Waals surface area (Å²) in [4.78, 5) is 4.00. The molecule has 0 bridgehead atoms. The Morgan fingerprint density at radius 1 is 1.42 bits per heavy atom. The first kappa shape index (κ1) is 13.2. The van der Waals surface area contributed by atoms with Crippen molar-refractivity contribution in [1.29, 1.82) is 5.26 Å². The van der Waals surface area contributed by atoms with Crippen LogP contribution < -0.4 is 10.1 Å². The summed E-state index contributed by atoms with van der Waals surface area (Å²) in [6, 6.07) is 9.29. The van der Waals surface area contributed by atoms with Gasteiger partial charge >= 0.3 is 0 Å². The highest BCUT2D eigenvalue weighted by Gasteiger charge is 2.04. The Hall–Kier alpha value is -2.25. The van der Waals surface area contributed by atoms with Gasteiger partial charge in [0.1, 0.15) is 11.8 Å². The summed E-state index contributed by atoms with van der Waals surface area (Å²) < 4.78 is 5.10. The lowest BCUT2D eigenvalue weighted by Gasteiger charge is -2.09.